The summed E-state index contributed by atoms with van der Waals surface area (Å²) in [7, 11) is 0. The molecule has 0 radical (unpaired) electrons. The van der Waals surface area contributed by atoms with Crippen molar-refractivity contribution in [2.45, 2.75) is 0 Å². The van der Waals surface area contributed by atoms with Crippen LogP contribution in [0.1, 0.15) is 0 Å². The van der Waals surface area contributed by atoms with Crippen molar-refractivity contribution < 1.29 is 0 Å². The number of nitrogens with zero attached hydrogens (tertiary/aromatic N) is 2. The minimum Gasteiger partial charge on any atom is -0.384 e. The van der Waals surface area contributed by atoms with E-state index in [1.54, 1.807) is 12.4 Å². The Morgan fingerprint density at radius 2 is 1.82 bits per heavy atom. The van der Waals surface area contributed by atoms with E-state index >= 15 is 0 Å². The van der Waals surface area contributed by atoms with Crippen LogP contribution in [0, 0.1) is 0 Å². The summed E-state index contributed by atoms with van der Waals surface area (Å²) in [5.41, 5.74) is 7.93. The third-order valence-corrected chi connectivity index (χ3v) is 2.74. The molecule has 0 unspecified atom stereocenters. The van der Waals surface area contributed by atoms with Crippen molar-refractivity contribution in [1.29, 1.82) is 0 Å². The van der Waals surface area contributed by atoms with Gasteiger partial charge in [0.1, 0.15) is 5.82 Å². The number of nitrogen functional groups attached to an aromatic ring is 1. The van der Waals surface area contributed by atoms with Crippen LogP contribution in [0.5, 0.6) is 0 Å². The molecule has 3 nitrogen and oxygen atoms in total. The molecule has 0 atom stereocenters. The highest BCUT2D eigenvalue weighted by Crippen LogP contribution is 2.24. The van der Waals surface area contributed by atoms with Crippen LogP contribution in [0.4, 0.5) is 5.82 Å². The average Bonchev–Trinajstić information content (AvgIpc) is 2.39. The quantitative estimate of drug-likeness (QED) is 0.687. The van der Waals surface area contributed by atoms with E-state index in [2.05, 4.69) is 22.1 Å². The lowest BCUT2D eigenvalue weighted by molar-refractivity contribution is 1.33. The van der Waals surface area contributed by atoms with Crippen molar-refractivity contribution in [3.05, 3.63) is 55.0 Å². The van der Waals surface area contributed by atoms with Crippen molar-refractivity contribution in [1.82, 2.24) is 9.97 Å². The van der Waals surface area contributed by atoms with Gasteiger partial charge in [-0.15, -0.1) is 0 Å². The smallest absolute Gasteiger partial charge is 0.123 e. The number of benzene rings is 1. The van der Waals surface area contributed by atoms with Gasteiger partial charge in [0.05, 0.1) is 0 Å². The molecule has 0 amide bonds. The molecule has 0 aliphatic carbocycles. The third kappa shape index (κ3) is 1.83. The van der Waals surface area contributed by atoms with E-state index in [4.69, 9.17) is 5.73 Å². The van der Waals surface area contributed by atoms with Gasteiger partial charge in [0.2, 0.25) is 0 Å². The van der Waals surface area contributed by atoms with Crippen molar-refractivity contribution in [2.75, 3.05) is 5.73 Å². The fourth-order valence-electron chi connectivity index (χ4n) is 1.87. The number of rotatable bonds is 1. The first-order chi connectivity index (χ1) is 8.33. The second-order valence-corrected chi connectivity index (χ2v) is 3.91. The lowest BCUT2D eigenvalue weighted by Gasteiger charge is -2.03. The van der Waals surface area contributed by atoms with Gasteiger partial charge in [0.25, 0.3) is 0 Å². The molecule has 0 saturated heterocycles. The molecule has 0 saturated carbocycles. The van der Waals surface area contributed by atoms with Crippen LogP contribution in [-0.2, 0) is 0 Å². The zero-order chi connectivity index (χ0) is 11.7. The Balaban J connectivity index is 2.19. The highest BCUT2D eigenvalue weighted by Gasteiger charge is 2.00. The van der Waals surface area contributed by atoms with E-state index in [1.165, 1.54) is 0 Å². The Morgan fingerprint density at radius 1 is 0.882 bits per heavy atom. The van der Waals surface area contributed by atoms with Crippen molar-refractivity contribution >= 4 is 16.6 Å². The molecule has 0 aliphatic rings. The highest BCUT2D eigenvalue weighted by molar-refractivity contribution is 5.88. The molecule has 0 spiro atoms. The second kappa shape index (κ2) is 3.87. The summed E-state index contributed by atoms with van der Waals surface area (Å²) < 4.78 is 0. The molecule has 0 bridgehead atoms. The van der Waals surface area contributed by atoms with Crippen LogP contribution in [0.2, 0.25) is 0 Å². The first-order valence-electron chi connectivity index (χ1n) is 5.38. The maximum Gasteiger partial charge on any atom is 0.123 e. The Bertz CT molecular complexity index is 663. The topological polar surface area (TPSA) is 51.8 Å². The van der Waals surface area contributed by atoms with Gasteiger partial charge in [-0.3, -0.25) is 4.98 Å². The van der Waals surface area contributed by atoms with E-state index in [-0.39, 0.29) is 0 Å². The fraction of sp³-hybridized carbons (Fsp3) is 0. The Kier molecular flexibility index (Phi) is 2.22. The lowest BCUT2D eigenvalue weighted by atomic mass is 10.0. The minimum atomic E-state index is 0.542. The predicted octanol–water partition coefficient (Wildman–Crippen LogP) is 2.88. The zero-order valence-corrected chi connectivity index (χ0v) is 9.17. The molecule has 0 aliphatic heterocycles. The number of aromatic nitrogens is 2. The molecule has 3 rings (SSSR count). The van der Waals surface area contributed by atoms with Gasteiger partial charge in [0, 0.05) is 29.5 Å². The SMILES string of the molecule is Nc1cc2cc(-c3cccnc3)ccc2cn1. The predicted molar refractivity (Wildman–Crippen MR) is 69.4 cm³/mol. The fourth-order valence-corrected chi connectivity index (χ4v) is 1.87. The highest BCUT2D eigenvalue weighted by atomic mass is 14.8. The number of hydrogen-bond acceptors (Lipinski definition) is 3. The summed E-state index contributed by atoms with van der Waals surface area (Å²) in [6.45, 7) is 0. The minimum absolute atomic E-state index is 0.542. The van der Waals surface area contributed by atoms with Crippen LogP contribution >= 0.6 is 0 Å². The summed E-state index contributed by atoms with van der Waals surface area (Å²) in [5, 5.41) is 2.19. The van der Waals surface area contributed by atoms with E-state index in [0.717, 1.165) is 21.9 Å². The Hall–Kier alpha value is -2.42. The molecule has 2 N–H and O–H groups in total. The molecule has 3 aromatic rings. The van der Waals surface area contributed by atoms with E-state index in [9.17, 15) is 0 Å². The standard InChI is InChI=1S/C14H11N3/c15-14-7-13-6-10(3-4-12(13)9-17-14)11-2-1-5-16-8-11/h1-9H,(H2,15,17). The lowest BCUT2D eigenvalue weighted by Crippen LogP contribution is -1.89. The van der Waals surface area contributed by atoms with Crippen molar-refractivity contribution in [3.8, 4) is 11.1 Å². The summed E-state index contributed by atoms with van der Waals surface area (Å²) >= 11 is 0. The number of nitrogens with two attached hydrogens (primary N) is 1. The van der Waals surface area contributed by atoms with Gasteiger partial charge in [0.15, 0.2) is 0 Å². The monoisotopic (exact) mass is 221 g/mol. The Morgan fingerprint density at radius 3 is 2.65 bits per heavy atom. The summed E-state index contributed by atoms with van der Waals surface area (Å²) in [4.78, 5) is 8.20. The zero-order valence-electron chi connectivity index (χ0n) is 9.17. The van der Waals surface area contributed by atoms with Gasteiger partial charge < -0.3 is 5.73 Å². The number of pyridine rings is 2. The van der Waals surface area contributed by atoms with Crippen LogP contribution in [0.25, 0.3) is 21.9 Å². The largest absolute Gasteiger partial charge is 0.384 e. The maximum absolute atomic E-state index is 5.69. The molecule has 82 valence electrons. The van der Waals surface area contributed by atoms with Crippen LogP contribution in [-0.4, -0.2) is 9.97 Å². The van der Waals surface area contributed by atoms with Gasteiger partial charge in [-0.2, -0.15) is 0 Å². The van der Waals surface area contributed by atoms with Crippen molar-refractivity contribution in [2.24, 2.45) is 0 Å². The summed E-state index contributed by atoms with van der Waals surface area (Å²) in [5.74, 6) is 0.542. The van der Waals surface area contributed by atoms with Crippen LogP contribution in [0.15, 0.2) is 55.0 Å². The molecule has 2 heterocycles. The molecule has 17 heavy (non-hydrogen) atoms. The van der Waals surface area contributed by atoms with E-state index < -0.39 is 0 Å². The average molecular weight is 221 g/mol. The van der Waals surface area contributed by atoms with Gasteiger partial charge in [-0.05, 0) is 29.1 Å². The molecular formula is C14H11N3. The Labute approximate surface area is 98.9 Å². The number of anilines is 1. The molecule has 3 heteroatoms. The number of hydrogen-bond donors (Lipinski definition) is 1. The second-order valence-electron chi connectivity index (χ2n) is 3.91. The molecule has 0 fully saturated rings. The van der Waals surface area contributed by atoms with Crippen molar-refractivity contribution in [3.63, 3.8) is 0 Å². The van der Waals surface area contributed by atoms with E-state index in [0.29, 0.717) is 5.82 Å². The molecule has 2 aromatic heterocycles. The maximum atomic E-state index is 5.69. The number of fused-ring (bicyclic) bond motifs is 1. The normalized spacial score (nSPS) is 10.6. The van der Waals surface area contributed by atoms with Gasteiger partial charge in [-0.1, -0.05) is 18.2 Å². The third-order valence-electron chi connectivity index (χ3n) is 2.74. The van der Waals surface area contributed by atoms with Crippen LogP contribution in [0.3, 0.4) is 0 Å². The molecular weight excluding hydrogens is 210 g/mol. The first kappa shape index (κ1) is 9.78. The summed E-state index contributed by atoms with van der Waals surface area (Å²) in [6.07, 6.45) is 5.41. The van der Waals surface area contributed by atoms with Gasteiger partial charge in [-0.25, -0.2) is 4.98 Å². The first-order valence-corrected chi connectivity index (χ1v) is 5.38. The molecule has 1 aromatic carbocycles. The van der Waals surface area contributed by atoms with E-state index in [1.807, 2.05) is 30.5 Å². The van der Waals surface area contributed by atoms with Gasteiger partial charge >= 0.3 is 0 Å². The summed E-state index contributed by atoms with van der Waals surface area (Å²) in [6, 6.07) is 12.1. The van der Waals surface area contributed by atoms with Crippen LogP contribution < -0.4 is 5.73 Å².